The molecule has 0 saturated heterocycles. The van der Waals surface area contributed by atoms with Gasteiger partial charge in [0.1, 0.15) is 5.82 Å². The standard InChI is InChI=1S/C16H21BrClN3/c1-3-5-6-15-20-14(16(18)21-15)10-19-13-8-7-12(17)9-11(13)4-2/h7-9,19H,3-6,10H2,1-2H3,(H,20,21). The number of aromatic amines is 1. The molecule has 0 saturated carbocycles. The quantitative estimate of drug-likeness (QED) is 0.690. The summed E-state index contributed by atoms with van der Waals surface area (Å²) in [7, 11) is 0. The van der Waals surface area contributed by atoms with Crippen LogP contribution < -0.4 is 5.32 Å². The van der Waals surface area contributed by atoms with Crippen molar-refractivity contribution in [2.75, 3.05) is 5.32 Å². The van der Waals surface area contributed by atoms with E-state index in [4.69, 9.17) is 11.6 Å². The second kappa shape index (κ2) is 7.85. The summed E-state index contributed by atoms with van der Waals surface area (Å²) in [4.78, 5) is 7.70. The number of aryl methyl sites for hydroxylation is 2. The first-order valence-electron chi connectivity index (χ1n) is 7.39. The van der Waals surface area contributed by atoms with Crippen LogP contribution in [0.4, 0.5) is 5.69 Å². The Balaban J connectivity index is 2.04. The zero-order valence-corrected chi connectivity index (χ0v) is 14.8. The molecule has 0 amide bonds. The van der Waals surface area contributed by atoms with E-state index in [0.29, 0.717) is 11.7 Å². The third kappa shape index (κ3) is 4.48. The molecule has 0 aliphatic heterocycles. The van der Waals surface area contributed by atoms with Gasteiger partial charge >= 0.3 is 0 Å². The van der Waals surface area contributed by atoms with Crippen LogP contribution in [-0.4, -0.2) is 9.97 Å². The SMILES string of the molecule is CCCCc1nc(Cl)c(CNc2ccc(Br)cc2CC)[nH]1. The van der Waals surface area contributed by atoms with E-state index in [1.54, 1.807) is 0 Å². The van der Waals surface area contributed by atoms with Gasteiger partial charge in [-0.1, -0.05) is 47.8 Å². The van der Waals surface area contributed by atoms with Crippen LogP contribution >= 0.6 is 27.5 Å². The number of H-pyrrole nitrogens is 1. The number of hydrogen-bond acceptors (Lipinski definition) is 2. The number of hydrogen-bond donors (Lipinski definition) is 2. The van der Waals surface area contributed by atoms with Crippen molar-refractivity contribution in [2.45, 2.75) is 46.1 Å². The molecule has 0 fully saturated rings. The summed E-state index contributed by atoms with van der Waals surface area (Å²) in [6.45, 7) is 4.98. The first-order valence-corrected chi connectivity index (χ1v) is 8.56. The molecular weight excluding hydrogens is 350 g/mol. The minimum absolute atomic E-state index is 0.573. The Labute approximate surface area is 139 Å². The molecule has 0 aliphatic carbocycles. The maximum Gasteiger partial charge on any atom is 0.152 e. The number of rotatable bonds is 7. The fraction of sp³-hybridized carbons (Fsp3) is 0.438. The molecule has 0 atom stereocenters. The molecule has 0 spiro atoms. The van der Waals surface area contributed by atoms with Crippen LogP contribution in [0.2, 0.25) is 5.15 Å². The van der Waals surface area contributed by atoms with Crippen LogP contribution in [0.1, 0.15) is 43.8 Å². The first kappa shape index (κ1) is 16.4. The molecule has 0 radical (unpaired) electrons. The number of anilines is 1. The Morgan fingerprint density at radius 1 is 1.33 bits per heavy atom. The molecular formula is C16H21BrClN3. The molecule has 1 aromatic carbocycles. The minimum Gasteiger partial charge on any atom is -0.379 e. The van der Waals surface area contributed by atoms with Gasteiger partial charge in [-0.2, -0.15) is 0 Å². The highest BCUT2D eigenvalue weighted by molar-refractivity contribution is 9.10. The lowest BCUT2D eigenvalue weighted by atomic mass is 10.1. The van der Waals surface area contributed by atoms with E-state index in [0.717, 1.165) is 47.4 Å². The van der Waals surface area contributed by atoms with E-state index in [-0.39, 0.29) is 0 Å². The largest absolute Gasteiger partial charge is 0.379 e. The van der Waals surface area contributed by atoms with Crippen LogP contribution in [-0.2, 0) is 19.4 Å². The van der Waals surface area contributed by atoms with Crippen molar-refractivity contribution < 1.29 is 0 Å². The summed E-state index contributed by atoms with van der Waals surface area (Å²) >= 11 is 9.71. The predicted octanol–water partition coefficient (Wildman–Crippen LogP) is 5.34. The minimum atomic E-state index is 0.573. The number of nitrogens with one attached hydrogen (secondary N) is 2. The lowest BCUT2D eigenvalue weighted by Gasteiger charge is -2.10. The summed E-state index contributed by atoms with van der Waals surface area (Å²) in [5.74, 6) is 0.977. The van der Waals surface area contributed by atoms with E-state index >= 15 is 0 Å². The van der Waals surface area contributed by atoms with Gasteiger partial charge in [0.15, 0.2) is 5.15 Å². The van der Waals surface area contributed by atoms with E-state index in [1.807, 2.05) is 6.07 Å². The number of halogens is 2. The lowest BCUT2D eigenvalue weighted by Crippen LogP contribution is -2.03. The number of imidazole rings is 1. The molecule has 2 rings (SSSR count). The summed E-state index contributed by atoms with van der Waals surface area (Å²) in [6.07, 6.45) is 4.23. The third-order valence-electron chi connectivity index (χ3n) is 3.45. The maximum atomic E-state index is 6.20. The van der Waals surface area contributed by atoms with Crippen molar-refractivity contribution in [1.29, 1.82) is 0 Å². The monoisotopic (exact) mass is 369 g/mol. The highest BCUT2D eigenvalue weighted by atomic mass is 79.9. The van der Waals surface area contributed by atoms with Gasteiger partial charge in [0.25, 0.3) is 0 Å². The smallest absolute Gasteiger partial charge is 0.152 e. The Hall–Kier alpha value is -1.00. The predicted molar refractivity (Wildman–Crippen MR) is 93.1 cm³/mol. The molecule has 0 bridgehead atoms. The molecule has 2 N–H and O–H groups in total. The molecule has 5 heteroatoms. The van der Waals surface area contributed by atoms with Crippen molar-refractivity contribution in [3.63, 3.8) is 0 Å². The third-order valence-corrected chi connectivity index (χ3v) is 4.25. The van der Waals surface area contributed by atoms with Crippen LogP contribution in [0.15, 0.2) is 22.7 Å². The van der Waals surface area contributed by atoms with Crippen LogP contribution in [0.5, 0.6) is 0 Å². The van der Waals surface area contributed by atoms with Crippen LogP contribution in [0, 0.1) is 0 Å². The van der Waals surface area contributed by atoms with Crippen molar-refractivity contribution >= 4 is 33.2 Å². The first-order chi connectivity index (χ1) is 10.1. The normalized spacial score (nSPS) is 10.9. The highest BCUT2D eigenvalue weighted by Crippen LogP contribution is 2.23. The fourth-order valence-corrected chi connectivity index (χ4v) is 2.85. The zero-order valence-electron chi connectivity index (χ0n) is 12.5. The van der Waals surface area contributed by atoms with Crippen molar-refractivity contribution in [3.05, 3.63) is 44.9 Å². The number of nitrogens with zero attached hydrogens (tertiary/aromatic N) is 1. The van der Waals surface area contributed by atoms with Gasteiger partial charge in [-0.3, -0.25) is 0 Å². The zero-order chi connectivity index (χ0) is 15.2. The summed E-state index contributed by atoms with van der Waals surface area (Å²) in [5.41, 5.74) is 3.38. The van der Waals surface area contributed by atoms with Crippen LogP contribution in [0.25, 0.3) is 0 Å². The second-order valence-corrected chi connectivity index (χ2v) is 6.34. The lowest BCUT2D eigenvalue weighted by molar-refractivity contribution is 0.760. The number of benzene rings is 1. The summed E-state index contributed by atoms with van der Waals surface area (Å²) < 4.78 is 1.10. The Kier molecular flexibility index (Phi) is 6.12. The number of aromatic nitrogens is 2. The Morgan fingerprint density at radius 2 is 2.14 bits per heavy atom. The second-order valence-electron chi connectivity index (χ2n) is 5.06. The molecule has 0 aliphatic rings. The molecule has 1 aromatic heterocycles. The van der Waals surface area contributed by atoms with Gasteiger partial charge in [0.05, 0.1) is 12.2 Å². The summed E-state index contributed by atoms with van der Waals surface area (Å²) in [5, 5.41) is 4.01. The van der Waals surface area contributed by atoms with E-state index < -0.39 is 0 Å². The van der Waals surface area contributed by atoms with Gasteiger partial charge < -0.3 is 10.3 Å². The Bertz CT molecular complexity index is 595. The molecule has 0 unspecified atom stereocenters. The van der Waals surface area contributed by atoms with Gasteiger partial charge in [-0.15, -0.1) is 0 Å². The van der Waals surface area contributed by atoms with E-state index in [9.17, 15) is 0 Å². The molecule has 21 heavy (non-hydrogen) atoms. The highest BCUT2D eigenvalue weighted by Gasteiger charge is 2.09. The topological polar surface area (TPSA) is 40.7 Å². The Morgan fingerprint density at radius 3 is 2.86 bits per heavy atom. The summed E-state index contributed by atoms with van der Waals surface area (Å²) in [6, 6.07) is 6.28. The average molecular weight is 371 g/mol. The molecule has 2 aromatic rings. The van der Waals surface area contributed by atoms with Gasteiger partial charge in [0.2, 0.25) is 0 Å². The average Bonchev–Trinajstić information content (AvgIpc) is 2.84. The fourth-order valence-electron chi connectivity index (χ4n) is 2.23. The van der Waals surface area contributed by atoms with Gasteiger partial charge in [0, 0.05) is 16.6 Å². The van der Waals surface area contributed by atoms with Crippen molar-refractivity contribution in [2.24, 2.45) is 0 Å². The van der Waals surface area contributed by atoms with Gasteiger partial charge in [-0.05, 0) is 36.6 Å². The van der Waals surface area contributed by atoms with Crippen LogP contribution in [0.3, 0.4) is 0 Å². The van der Waals surface area contributed by atoms with Crippen molar-refractivity contribution in [1.82, 2.24) is 9.97 Å². The van der Waals surface area contributed by atoms with Gasteiger partial charge in [-0.25, -0.2) is 4.98 Å². The van der Waals surface area contributed by atoms with E-state index in [2.05, 4.69) is 57.2 Å². The van der Waals surface area contributed by atoms with Crippen molar-refractivity contribution in [3.8, 4) is 0 Å². The molecule has 1 heterocycles. The van der Waals surface area contributed by atoms with E-state index in [1.165, 1.54) is 5.56 Å². The molecule has 3 nitrogen and oxygen atoms in total. The number of unbranched alkanes of at least 4 members (excludes halogenated alkanes) is 1. The maximum absolute atomic E-state index is 6.20. The molecule has 114 valence electrons.